The third-order valence-electron chi connectivity index (χ3n) is 4.21. The SMILES string of the molecule is COCCN(C(=O)CNc1cc(Cl)ccc1F)c1c(N)n(CC(C)C)c(=O)[nH]c1=O. The number of hydrogen-bond acceptors (Lipinski definition) is 6. The Morgan fingerprint density at radius 2 is 2.10 bits per heavy atom. The standard InChI is InChI=1S/C19H25ClFN5O4/c1-11(2)10-26-17(22)16(18(28)24-19(26)29)25(6-7-30-3)15(27)9-23-14-8-12(20)4-5-13(14)21/h4-5,8,11,23H,6-7,9-10,22H2,1-3H3,(H,24,28,29). The number of aromatic amines is 1. The number of nitrogens with two attached hydrogens (primary N) is 1. The summed E-state index contributed by atoms with van der Waals surface area (Å²) in [5.74, 6) is -1.22. The maximum Gasteiger partial charge on any atom is 0.330 e. The van der Waals surface area contributed by atoms with E-state index in [1.165, 1.54) is 29.9 Å². The summed E-state index contributed by atoms with van der Waals surface area (Å²) in [6.45, 7) is 3.79. The van der Waals surface area contributed by atoms with E-state index in [2.05, 4.69) is 10.3 Å². The number of H-pyrrole nitrogens is 1. The van der Waals surface area contributed by atoms with Crippen LogP contribution < -0.4 is 27.2 Å². The molecular formula is C19H25ClFN5O4. The number of anilines is 3. The van der Waals surface area contributed by atoms with Crippen molar-refractivity contribution in [2.45, 2.75) is 20.4 Å². The van der Waals surface area contributed by atoms with E-state index in [0.29, 0.717) is 5.02 Å². The number of nitrogens with one attached hydrogen (secondary N) is 2. The van der Waals surface area contributed by atoms with Crippen LogP contribution in [0.4, 0.5) is 21.6 Å². The first-order chi connectivity index (χ1) is 14.1. The fraction of sp³-hybridized carbons (Fsp3) is 0.421. The molecule has 4 N–H and O–H groups in total. The minimum absolute atomic E-state index is 0.00219. The van der Waals surface area contributed by atoms with Gasteiger partial charge in [-0.3, -0.25) is 19.1 Å². The van der Waals surface area contributed by atoms with E-state index >= 15 is 0 Å². The predicted molar refractivity (Wildman–Crippen MR) is 115 cm³/mol. The van der Waals surface area contributed by atoms with Crippen LogP contribution in [-0.2, 0) is 16.1 Å². The first kappa shape index (κ1) is 23.4. The van der Waals surface area contributed by atoms with Crippen molar-refractivity contribution in [3.8, 4) is 0 Å². The van der Waals surface area contributed by atoms with Crippen LogP contribution in [0.25, 0.3) is 0 Å². The number of amides is 1. The normalized spacial score (nSPS) is 11.0. The molecule has 0 unspecified atom stereocenters. The van der Waals surface area contributed by atoms with Crippen molar-refractivity contribution < 1.29 is 13.9 Å². The third-order valence-corrected chi connectivity index (χ3v) is 4.45. The van der Waals surface area contributed by atoms with Crippen molar-refractivity contribution in [3.63, 3.8) is 0 Å². The molecule has 0 radical (unpaired) electrons. The Kier molecular flexibility index (Phi) is 8.01. The number of carbonyl (C=O) groups excluding carboxylic acids is 1. The highest BCUT2D eigenvalue weighted by molar-refractivity contribution is 6.30. The number of hydrogen-bond donors (Lipinski definition) is 3. The van der Waals surface area contributed by atoms with Gasteiger partial charge in [-0.05, 0) is 24.1 Å². The summed E-state index contributed by atoms with van der Waals surface area (Å²) in [7, 11) is 1.44. The summed E-state index contributed by atoms with van der Waals surface area (Å²) >= 11 is 5.86. The molecule has 0 aliphatic rings. The number of rotatable bonds is 9. The lowest BCUT2D eigenvalue weighted by molar-refractivity contribution is -0.117. The molecule has 2 rings (SSSR count). The van der Waals surface area contributed by atoms with Gasteiger partial charge in [-0.1, -0.05) is 25.4 Å². The van der Waals surface area contributed by atoms with Gasteiger partial charge in [0.15, 0.2) is 5.69 Å². The highest BCUT2D eigenvalue weighted by Gasteiger charge is 2.24. The van der Waals surface area contributed by atoms with Crippen molar-refractivity contribution >= 4 is 34.7 Å². The Bertz CT molecular complexity index is 1020. The predicted octanol–water partition coefficient (Wildman–Crippen LogP) is 1.66. The summed E-state index contributed by atoms with van der Waals surface area (Å²) in [5, 5.41) is 2.96. The molecule has 2 aromatic rings. The van der Waals surface area contributed by atoms with Crippen LogP contribution in [0.15, 0.2) is 27.8 Å². The van der Waals surface area contributed by atoms with Gasteiger partial charge in [0, 0.05) is 25.2 Å². The minimum atomic E-state index is -0.795. The van der Waals surface area contributed by atoms with Gasteiger partial charge in [0.1, 0.15) is 11.6 Å². The van der Waals surface area contributed by atoms with Crippen LogP contribution in [0.3, 0.4) is 0 Å². The summed E-state index contributed by atoms with van der Waals surface area (Å²) in [5.41, 5.74) is 4.53. The summed E-state index contributed by atoms with van der Waals surface area (Å²) in [4.78, 5) is 40.9. The molecule has 0 atom stereocenters. The van der Waals surface area contributed by atoms with E-state index < -0.39 is 23.0 Å². The molecule has 9 nitrogen and oxygen atoms in total. The number of nitrogens with zero attached hydrogens (tertiary/aromatic N) is 2. The lowest BCUT2D eigenvalue weighted by Crippen LogP contribution is -2.44. The van der Waals surface area contributed by atoms with Gasteiger partial charge in [0.2, 0.25) is 5.91 Å². The van der Waals surface area contributed by atoms with E-state index in [9.17, 15) is 18.8 Å². The average molecular weight is 442 g/mol. The Hall–Kier alpha value is -2.85. The first-order valence-electron chi connectivity index (χ1n) is 9.26. The number of aromatic nitrogens is 2. The molecule has 1 aromatic heterocycles. The van der Waals surface area contributed by atoms with Crippen LogP contribution in [0.2, 0.25) is 5.02 Å². The maximum absolute atomic E-state index is 13.9. The van der Waals surface area contributed by atoms with Gasteiger partial charge in [0.05, 0.1) is 18.8 Å². The Balaban J connectivity index is 2.39. The van der Waals surface area contributed by atoms with Gasteiger partial charge in [-0.2, -0.15) is 0 Å². The fourth-order valence-electron chi connectivity index (χ4n) is 2.83. The second-order valence-corrected chi connectivity index (χ2v) is 7.45. The second-order valence-electron chi connectivity index (χ2n) is 7.01. The van der Waals surface area contributed by atoms with Crippen LogP contribution in [0.1, 0.15) is 13.8 Å². The Morgan fingerprint density at radius 1 is 1.40 bits per heavy atom. The van der Waals surface area contributed by atoms with E-state index in [0.717, 1.165) is 4.90 Å². The highest BCUT2D eigenvalue weighted by Crippen LogP contribution is 2.21. The topological polar surface area (TPSA) is 122 Å². The molecular weight excluding hydrogens is 417 g/mol. The number of halogens is 2. The number of methoxy groups -OCH3 is 1. The molecule has 0 fully saturated rings. The van der Waals surface area contributed by atoms with Gasteiger partial charge in [-0.25, -0.2) is 9.18 Å². The second kappa shape index (κ2) is 10.3. The minimum Gasteiger partial charge on any atom is -0.383 e. The quantitative estimate of drug-likeness (QED) is 0.544. The number of ether oxygens (including phenoxy) is 1. The highest BCUT2D eigenvalue weighted by atomic mass is 35.5. The number of carbonyl (C=O) groups is 1. The maximum atomic E-state index is 13.9. The van der Waals surface area contributed by atoms with Crippen LogP contribution in [0, 0.1) is 11.7 Å². The monoisotopic (exact) mass is 441 g/mol. The number of benzene rings is 1. The van der Waals surface area contributed by atoms with Crippen molar-refractivity contribution in [2.24, 2.45) is 5.92 Å². The smallest absolute Gasteiger partial charge is 0.330 e. The van der Waals surface area contributed by atoms with Crippen LogP contribution in [-0.4, -0.2) is 42.3 Å². The Morgan fingerprint density at radius 3 is 2.73 bits per heavy atom. The van der Waals surface area contributed by atoms with Gasteiger partial charge in [-0.15, -0.1) is 0 Å². The summed E-state index contributed by atoms with van der Waals surface area (Å²) in [6, 6.07) is 3.89. The zero-order chi connectivity index (χ0) is 22.4. The average Bonchev–Trinajstić information content (AvgIpc) is 2.67. The molecule has 1 amide bonds. The molecule has 0 spiro atoms. The van der Waals surface area contributed by atoms with E-state index in [4.69, 9.17) is 22.1 Å². The summed E-state index contributed by atoms with van der Waals surface area (Å²) in [6.07, 6.45) is 0. The molecule has 164 valence electrons. The van der Waals surface area contributed by atoms with Gasteiger partial charge >= 0.3 is 5.69 Å². The zero-order valence-corrected chi connectivity index (χ0v) is 17.8. The molecule has 11 heteroatoms. The van der Waals surface area contributed by atoms with Crippen molar-refractivity contribution in [3.05, 3.63) is 49.9 Å². The Labute approximate surface area is 177 Å². The summed E-state index contributed by atoms with van der Waals surface area (Å²) < 4.78 is 20.1. The number of nitrogen functional groups attached to an aromatic ring is 1. The molecule has 0 saturated carbocycles. The zero-order valence-electron chi connectivity index (χ0n) is 17.0. The molecule has 0 saturated heterocycles. The molecule has 30 heavy (non-hydrogen) atoms. The molecule has 1 heterocycles. The third kappa shape index (κ3) is 5.61. The molecule has 0 bridgehead atoms. The fourth-order valence-corrected chi connectivity index (χ4v) is 3.00. The molecule has 1 aromatic carbocycles. The van der Waals surface area contributed by atoms with E-state index in [1.54, 1.807) is 0 Å². The van der Waals surface area contributed by atoms with Crippen LogP contribution in [0.5, 0.6) is 0 Å². The van der Waals surface area contributed by atoms with Crippen molar-refractivity contribution in [1.29, 1.82) is 0 Å². The molecule has 0 aliphatic heterocycles. The first-order valence-corrected chi connectivity index (χ1v) is 9.64. The lowest BCUT2D eigenvalue weighted by atomic mass is 10.2. The van der Waals surface area contributed by atoms with E-state index in [1.807, 2.05) is 13.8 Å². The van der Waals surface area contributed by atoms with Gasteiger partial charge < -0.3 is 20.7 Å². The lowest BCUT2D eigenvalue weighted by Gasteiger charge is -2.25. The van der Waals surface area contributed by atoms with Crippen molar-refractivity contribution in [1.82, 2.24) is 9.55 Å². The van der Waals surface area contributed by atoms with Crippen molar-refractivity contribution in [2.75, 3.05) is 42.8 Å². The van der Waals surface area contributed by atoms with Crippen LogP contribution >= 0.6 is 11.6 Å². The molecule has 0 aliphatic carbocycles. The largest absolute Gasteiger partial charge is 0.383 e. The van der Waals surface area contributed by atoms with Gasteiger partial charge in [0.25, 0.3) is 5.56 Å². The van der Waals surface area contributed by atoms with E-state index in [-0.39, 0.29) is 49.4 Å².